The molecule has 120 valence electrons. The molecule has 1 saturated carbocycles. The molecule has 2 nitrogen and oxygen atoms in total. The molecule has 1 aliphatic rings. The molecule has 20 heavy (non-hydrogen) atoms. The normalized spacial score (nSPS) is 16.9. The maximum absolute atomic E-state index is 10.0. The highest BCUT2D eigenvalue weighted by Gasteiger charge is 2.18. The van der Waals surface area contributed by atoms with Gasteiger partial charge >= 0.3 is 0 Å². The van der Waals surface area contributed by atoms with E-state index in [0.29, 0.717) is 6.04 Å². The third kappa shape index (κ3) is 8.97. The van der Waals surface area contributed by atoms with Gasteiger partial charge in [-0.1, -0.05) is 84.0 Å². The number of rotatable bonds is 12. The van der Waals surface area contributed by atoms with Crippen molar-refractivity contribution in [2.24, 2.45) is 0 Å². The third-order valence-corrected chi connectivity index (χ3v) is 4.74. The van der Waals surface area contributed by atoms with E-state index in [1.165, 1.54) is 96.3 Å². The van der Waals surface area contributed by atoms with E-state index in [-0.39, 0.29) is 0 Å². The highest BCUT2D eigenvalue weighted by Crippen LogP contribution is 2.21. The minimum absolute atomic E-state index is 0.460. The second-order valence-electron chi connectivity index (χ2n) is 6.64. The Morgan fingerprint density at radius 2 is 1.25 bits per heavy atom. The number of hydrogen-bond donors (Lipinski definition) is 1. The van der Waals surface area contributed by atoms with E-state index >= 15 is 0 Å². The van der Waals surface area contributed by atoms with Gasteiger partial charge in [-0.3, -0.25) is 0 Å². The van der Waals surface area contributed by atoms with Crippen LogP contribution in [0.15, 0.2) is 0 Å². The first-order chi connectivity index (χ1) is 9.84. The SMILES string of the molecule is CCCCCCCCCCCCN(O)C1CCCCC1. The Bertz CT molecular complexity index is 202. The zero-order valence-corrected chi connectivity index (χ0v) is 13.8. The summed E-state index contributed by atoms with van der Waals surface area (Å²) in [5, 5.41) is 11.7. The highest BCUT2D eigenvalue weighted by molar-refractivity contribution is 4.70. The van der Waals surface area contributed by atoms with E-state index in [1.54, 1.807) is 5.06 Å². The van der Waals surface area contributed by atoms with Crippen LogP contribution in [-0.2, 0) is 0 Å². The highest BCUT2D eigenvalue weighted by atomic mass is 16.5. The maximum atomic E-state index is 10.0. The minimum atomic E-state index is 0.460. The lowest BCUT2D eigenvalue weighted by atomic mass is 9.95. The molecule has 1 aliphatic carbocycles. The maximum Gasteiger partial charge on any atom is 0.0350 e. The number of nitrogens with zero attached hydrogens (tertiary/aromatic N) is 1. The average molecular weight is 284 g/mol. The Kier molecular flexibility index (Phi) is 11.4. The molecule has 0 atom stereocenters. The molecule has 0 radical (unpaired) electrons. The Labute approximate surface area is 126 Å². The molecule has 2 heteroatoms. The molecule has 1 N–H and O–H groups in total. The molecule has 1 fully saturated rings. The predicted molar refractivity (Wildman–Crippen MR) is 87.2 cm³/mol. The number of hydroxylamine groups is 2. The summed E-state index contributed by atoms with van der Waals surface area (Å²) in [6, 6.07) is 0.460. The minimum Gasteiger partial charge on any atom is -0.314 e. The van der Waals surface area contributed by atoms with Gasteiger partial charge in [0.25, 0.3) is 0 Å². The zero-order valence-electron chi connectivity index (χ0n) is 13.8. The van der Waals surface area contributed by atoms with Gasteiger partial charge in [-0.2, -0.15) is 5.06 Å². The molecule has 1 rings (SSSR count). The van der Waals surface area contributed by atoms with Gasteiger partial charge in [-0.05, 0) is 19.3 Å². The lowest BCUT2D eigenvalue weighted by Gasteiger charge is -2.29. The Balaban J connectivity index is 1.82. The molecular formula is C18H37NO. The Morgan fingerprint density at radius 1 is 0.750 bits per heavy atom. The van der Waals surface area contributed by atoms with Crippen molar-refractivity contribution >= 4 is 0 Å². The summed E-state index contributed by atoms with van der Waals surface area (Å²) < 4.78 is 0. The van der Waals surface area contributed by atoms with Crippen LogP contribution in [-0.4, -0.2) is 22.9 Å². The summed E-state index contributed by atoms with van der Waals surface area (Å²) in [7, 11) is 0. The quantitative estimate of drug-likeness (QED) is 0.354. The van der Waals surface area contributed by atoms with E-state index in [2.05, 4.69) is 6.92 Å². The van der Waals surface area contributed by atoms with Crippen LogP contribution in [0.5, 0.6) is 0 Å². The van der Waals surface area contributed by atoms with Crippen molar-refractivity contribution in [3.05, 3.63) is 0 Å². The summed E-state index contributed by atoms with van der Waals surface area (Å²) >= 11 is 0. The number of unbranched alkanes of at least 4 members (excludes halogenated alkanes) is 9. The third-order valence-electron chi connectivity index (χ3n) is 4.74. The van der Waals surface area contributed by atoms with Crippen LogP contribution >= 0.6 is 0 Å². The van der Waals surface area contributed by atoms with E-state index in [0.717, 1.165) is 6.54 Å². The average Bonchev–Trinajstić information content (AvgIpc) is 2.50. The monoisotopic (exact) mass is 283 g/mol. The molecule has 0 amide bonds. The smallest absolute Gasteiger partial charge is 0.0350 e. The van der Waals surface area contributed by atoms with Crippen LogP contribution in [0, 0.1) is 0 Å². The van der Waals surface area contributed by atoms with Crippen LogP contribution in [0.2, 0.25) is 0 Å². The molecule has 0 aromatic heterocycles. The lowest BCUT2D eigenvalue weighted by molar-refractivity contribution is -0.135. The second kappa shape index (κ2) is 12.6. The first-order valence-electron chi connectivity index (χ1n) is 9.30. The van der Waals surface area contributed by atoms with Crippen molar-refractivity contribution in [3.63, 3.8) is 0 Å². The van der Waals surface area contributed by atoms with Crippen molar-refractivity contribution < 1.29 is 5.21 Å². The molecule has 0 aliphatic heterocycles. The van der Waals surface area contributed by atoms with Crippen LogP contribution in [0.3, 0.4) is 0 Å². The molecule has 0 bridgehead atoms. The van der Waals surface area contributed by atoms with Gasteiger partial charge in [0.1, 0.15) is 0 Å². The summed E-state index contributed by atoms with van der Waals surface area (Å²) in [5.74, 6) is 0. The van der Waals surface area contributed by atoms with Crippen molar-refractivity contribution in [1.82, 2.24) is 5.06 Å². The molecule has 0 heterocycles. The van der Waals surface area contributed by atoms with Gasteiger partial charge < -0.3 is 5.21 Å². The first kappa shape index (κ1) is 18.0. The summed E-state index contributed by atoms with van der Waals surface area (Å²) in [6.07, 6.45) is 20.0. The van der Waals surface area contributed by atoms with Gasteiger partial charge in [-0.15, -0.1) is 0 Å². The molecule has 0 aromatic carbocycles. The van der Waals surface area contributed by atoms with Crippen molar-refractivity contribution in [2.45, 2.75) is 109 Å². The van der Waals surface area contributed by atoms with E-state index in [4.69, 9.17) is 0 Å². The van der Waals surface area contributed by atoms with E-state index < -0.39 is 0 Å². The van der Waals surface area contributed by atoms with Crippen LogP contribution in [0.4, 0.5) is 0 Å². The summed E-state index contributed by atoms with van der Waals surface area (Å²) in [5.41, 5.74) is 0. The Hall–Kier alpha value is -0.0800. The first-order valence-corrected chi connectivity index (χ1v) is 9.30. The topological polar surface area (TPSA) is 23.5 Å². The summed E-state index contributed by atoms with van der Waals surface area (Å²) in [6.45, 7) is 3.17. The summed E-state index contributed by atoms with van der Waals surface area (Å²) in [4.78, 5) is 0. The van der Waals surface area contributed by atoms with Gasteiger partial charge in [0.05, 0.1) is 0 Å². The molecule has 0 saturated heterocycles. The van der Waals surface area contributed by atoms with Crippen LogP contribution in [0.1, 0.15) is 103 Å². The lowest BCUT2D eigenvalue weighted by Crippen LogP contribution is -2.34. The molecule has 0 aromatic rings. The van der Waals surface area contributed by atoms with Gasteiger partial charge in [0.15, 0.2) is 0 Å². The van der Waals surface area contributed by atoms with Crippen molar-refractivity contribution in [3.8, 4) is 0 Å². The van der Waals surface area contributed by atoms with E-state index in [9.17, 15) is 5.21 Å². The largest absolute Gasteiger partial charge is 0.314 e. The fourth-order valence-corrected chi connectivity index (χ4v) is 3.32. The van der Waals surface area contributed by atoms with Crippen LogP contribution < -0.4 is 0 Å². The van der Waals surface area contributed by atoms with Gasteiger partial charge in [0, 0.05) is 12.6 Å². The van der Waals surface area contributed by atoms with Crippen LogP contribution in [0.25, 0.3) is 0 Å². The van der Waals surface area contributed by atoms with Gasteiger partial charge in [-0.25, -0.2) is 0 Å². The van der Waals surface area contributed by atoms with E-state index in [1.807, 2.05) is 0 Å². The number of hydrogen-bond acceptors (Lipinski definition) is 2. The molecular weight excluding hydrogens is 246 g/mol. The standard InChI is InChI=1S/C18H37NO/c1-2-3-4-5-6-7-8-9-10-14-17-19(20)18-15-12-11-13-16-18/h18,20H,2-17H2,1H3. The van der Waals surface area contributed by atoms with Crippen molar-refractivity contribution in [1.29, 1.82) is 0 Å². The zero-order chi connectivity index (χ0) is 14.5. The Morgan fingerprint density at radius 3 is 1.80 bits per heavy atom. The fraction of sp³-hybridized carbons (Fsp3) is 1.00. The predicted octanol–water partition coefficient (Wildman–Crippen LogP) is 5.93. The molecule has 0 unspecified atom stereocenters. The van der Waals surface area contributed by atoms with Crippen molar-refractivity contribution in [2.75, 3.05) is 6.54 Å². The second-order valence-corrected chi connectivity index (χ2v) is 6.64. The van der Waals surface area contributed by atoms with Gasteiger partial charge in [0.2, 0.25) is 0 Å². The molecule has 0 spiro atoms. The fourth-order valence-electron chi connectivity index (χ4n) is 3.32.